The lowest BCUT2D eigenvalue weighted by molar-refractivity contribution is 0.115. The number of anilines is 1. The van der Waals surface area contributed by atoms with Gasteiger partial charge in [-0.3, -0.25) is 5.32 Å². The van der Waals surface area contributed by atoms with Crippen molar-refractivity contribution < 1.29 is 18.7 Å². The first-order chi connectivity index (χ1) is 15.4. The predicted molar refractivity (Wildman–Crippen MR) is 122 cm³/mol. The van der Waals surface area contributed by atoms with Gasteiger partial charge in [0.05, 0.1) is 11.1 Å². The number of urea groups is 1. The lowest BCUT2D eigenvalue weighted by Gasteiger charge is -2.27. The smallest absolute Gasteiger partial charge is 0.412 e. The molecule has 0 aliphatic carbocycles. The molecule has 2 aromatic carbocycles. The van der Waals surface area contributed by atoms with Crippen molar-refractivity contribution >= 4 is 40.3 Å². The molecule has 0 spiro atoms. The maximum atomic E-state index is 13.5. The molecule has 2 N–H and O–H groups in total. The molecule has 3 amide bonds. The van der Waals surface area contributed by atoms with Gasteiger partial charge in [-0.2, -0.15) is 0 Å². The van der Waals surface area contributed by atoms with E-state index in [-0.39, 0.29) is 24.2 Å². The zero-order valence-corrected chi connectivity index (χ0v) is 18.5. The van der Waals surface area contributed by atoms with Crippen LogP contribution >= 0.6 is 11.6 Å². The fraction of sp³-hybridized carbons (Fsp3) is 0.261. The number of fused-ring (bicyclic) bond motifs is 1. The summed E-state index contributed by atoms with van der Waals surface area (Å²) < 4.78 is 18.8. The van der Waals surface area contributed by atoms with Gasteiger partial charge < -0.3 is 15.0 Å². The molecule has 32 heavy (non-hydrogen) atoms. The molecular formula is C23H24ClFN4O3. The Bertz CT molecular complexity index is 1110. The summed E-state index contributed by atoms with van der Waals surface area (Å²) in [7, 11) is 1.60. The molecule has 0 radical (unpaired) electrons. The number of carbonyl (C=O) groups excluding carboxylic acids is 2. The lowest BCUT2D eigenvalue weighted by atomic mass is 10.2. The number of hydrogen-bond donors (Lipinski definition) is 2. The molecule has 1 aromatic heterocycles. The highest BCUT2D eigenvalue weighted by Gasteiger charge is 2.20. The van der Waals surface area contributed by atoms with Gasteiger partial charge in [-0.05, 0) is 29.5 Å². The highest BCUT2D eigenvalue weighted by Crippen LogP contribution is 2.19. The number of aromatic nitrogens is 1. The Morgan fingerprint density at radius 1 is 1.19 bits per heavy atom. The first kappa shape index (κ1) is 23.3. The Morgan fingerprint density at radius 2 is 1.94 bits per heavy atom. The first-order valence-corrected chi connectivity index (χ1v) is 10.5. The molecule has 0 saturated carbocycles. The van der Waals surface area contributed by atoms with E-state index < -0.39 is 17.9 Å². The number of amides is 3. The van der Waals surface area contributed by atoms with Crippen LogP contribution in [-0.4, -0.2) is 41.7 Å². The summed E-state index contributed by atoms with van der Waals surface area (Å²) in [4.78, 5) is 30.3. The molecule has 3 rings (SSSR count). The predicted octanol–water partition coefficient (Wildman–Crippen LogP) is 5.20. The van der Waals surface area contributed by atoms with Crippen molar-refractivity contribution in [3.63, 3.8) is 0 Å². The van der Waals surface area contributed by atoms with Gasteiger partial charge in [0.25, 0.3) is 0 Å². The SMILES string of the molecule is CCC(COC(=O)Nc1cc2ccccc2cn1)N(C)C(=O)NCc1cccc(F)c1Cl. The minimum atomic E-state index is -0.661. The van der Waals surface area contributed by atoms with Crippen molar-refractivity contribution in [1.82, 2.24) is 15.2 Å². The molecule has 1 atom stereocenters. The molecule has 1 unspecified atom stereocenters. The van der Waals surface area contributed by atoms with Crippen LogP contribution in [0.2, 0.25) is 5.02 Å². The van der Waals surface area contributed by atoms with Crippen LogP contribution in [0.4, 0.5) is 19.8 Å². The van der Waals surface area contributed by atoms with E-state index in [1.807, 2.05) is 31.2 Å². The molecule has 168 valence electrons. The second-order valence-corrected chi connectivity index (χ2v) is 7.56. The van der Waals surface area contributed by atoms with Crippen LogP contribution in [0.3, 0.4) is 0 Å². The van der Waals surface area contributed by atoms with Crippen LogP contribution in [0.25, 0.3) is 10.8 Å². The summed E-state index contributed by atoms with van der Waals surface area (Å²) in [5, 5.41) is 7.18. The summed E-state index contributed by atoms with van der Waals surface area (Å²) in [5.74, 6) is -0.168. The largest absolute Gasteiger partial charge is 0.447 e. The Morgan fingerprint density at radius 3 is 2.69 bits per heavy atom. The third-order valence-electron chi connectivity index (χ3n) is 5.07. The molecule has 0 aliphatic rings. The Hall–Kier alpha value is -3.39. The highest BCUT2D eigenvalue weighted by atomic mass is 35.5. The number of hydrogen-bond acceptors (Lipinski definition) is 4. The molecular weight excluding hydrogens is 435 g/mol. The number of pyridine rings is 1. The third kappa shape index (κ3) is 5.85. The van der Waals surface area contributed by atoms with E-state index in [2.05, 4.69) is 15.6 Å². The van der Waals surface area contributed by atoms with Crippen LogP contribution in [-0.2, 0) is 11.3 Å². The van der Waals surface area contributed by atoms with Crippen LogP contribution < -0.4 is 10.6 Å². The van der Waals surface area contributed by atoms with E-state index in [0.29, 0.717) is 17.8 Å². The second kappa shape index (κ2) is 10.8. The van der Waals surface area contributed by atoms with Crippen molar-refractivity contribution in [2.24, 2.45) is 0 Å². The van der Waals surface area contributed by atoms with Crippen molar-refractivity contribution in [2.75, 3.05) is 19.0 Å². The average molecular weight is 459 g/mol. The van der Waals surface area contributed by atoms with Crippen LogP contribution in [0.5, 0.6) is 0 Å². The molecule has 0 aliphatic heterocycles. The normalized spacial score (nSPS) is 11.6. The summed E-state index contributed by atoms with van der Waals surface area (Å²) in [6.45, 7) is 1.95. The highest BCUT2D eigenvalue weighted by molar-refractivity contribution is 6.31. The molecule has 7 nitrogen and oxygen atoms in total. The quantitative estimate of drug-likeness (QED) is 0.510. The average Bonchev–Trinajstić information content (AvgIpc) is 2.80. The summed E-state index contributed by atoms with van der Waals surface area (Å²) >= 11 is 5.92. The summed E-state index contributed by atoms with van der Waals surface area (Å²) in [6, 6.07) is 13.1. The number of nitrogens with one attached hydrogen (secondary N) is 2. The maximum absolute atomic E-state index is 13.5. The minimum Gasteiger partial charge on any atom is -0.447 e. The fourth-order valence-electron chi connectivity index (χ4n) is 3.11. The zero-order chi connectivity index (χ0) is 23.1. The van der Waals surface area contributed by atoms with Gasteiger partial charge in [0.15, 0.2) is 0 Å². The van der Waals surface area contributed by atoms with Crippen molar-refractivity contribution in [2.45, 2.75) is 25.9 Å². The van der Waals surface area contributed by atoms with E-state index in [1.54, 1.807) is 25.4 Å². The van der Waals surface area contributed by atoms with Crippen LogP contribution in [0, 0.1) is 5.82 Å². The van der Waals surface area contributed by atoms with Gasteiger partial charge in [-0.1, -0.05) is 54.9 Å². The number of likely N-dealkylation sites (N-methyl/N-ethyl adjacent to an activating group) is 1. The van der Waals surface area contributed by atoms with Gasteiger partial charge in [0, 0.05) is 25.2 Å². The van der Waals surface area contributed by atoms with Gasteiger partial charge in [-0.25, -0.2) is 19.0 Å². The molecule has 0 bridgehead atoms. The monoisotopic (exact) mass is 458 g/mol. The zero-order valence-electron chi connectivity index (χ0n) is 17.8. The summed E-state index contributed by atoms with van der Waals surface area (Å²) in [6.07, 6.45) is 1.57. The number of benzene rings is 2. The van der Waals surface area contributed by atoms with Gasteiger partial charge in [0.1, 0.15) is 18.2 Å². The van der Waals surface area contributed by atoms with E-state index in [9.17, 15) is 14.0 Å². The first-order valence-electron chi connectivity index (χ1n) is 10.1. The number of nitrogens with zero attached hydrogens (tertiary/aromatic N) is 2. The summed E-state index contributed by atoms with van der Waals surface area (Å²) in [5.41, 5.74) is 0.472. The molecule has 0 saturated heterocycles. The van der Waals surface area contributed by atoms with E-state index in [0.717, 1.165) is 10.8 Å². The van der Waals surface area contributed by atoms with Crippen molar-refractivity contribution in [3.8, 4) is 0 Å². The van der Waals surface area contributed by atoms with Crippen molar-refractivity contribution in [1.29, 1.82) is 0 Å². The van der Waals surface area contributed by atoms with Gasteiger partial charge in [-0.15, -0.1) is 0 Å². The van der Waals surface area contributed by atoms with E-state index in [1.165, 1.54) is 17.0 Å². The minimum absolute atomic E-state index is 0.000551. The second-order valence-electron chi connectivity index (χ2n) is 7.18. The Kier molecular flexibility index (Phi) is 7.83. The number of carbonyl (C=O) groups is 2. The molecule has 9 heteroatoms. The van der Waals surface area contributed by atoms with Gasteiger partial charge >= 0.3 is 12.1 Å². The third-order valence-corrected chi connectivity index (χ3v) is 5.49. The van der Waals surface area contributed by atoms with Crippen LogP contribution in [0.15, 0.2) is 54.7 Å². The molecule has 3 aromatic rings. The standard InChI is InChI=1S/C23H24ClFN4O3/c1-3-18(29(2)22(30)27-13-17-9-6-10-19(25)21(17)24)14-32-23(31)28-20-11-15-7-4-5-8-16(15)12-26-20/h4-12,18H,3,13-14H2,1-2H3,(H,27,30)(H,26,28,31). The fourth-order valence-corrected chi connectivity index (χ4v) is 3.31. The molecule has 1 heterocycles. The number of rotatable bonds is 7. The number of ether oxygens (including phenoxy) is 1. The van der Waals surface area contributed by atoms with Gasteiger partial charge in [0.2, 0.25) is 0 Å². The topological polar surface area (TPSA) is 83.6 Å². The van der Waals surface area contributed by atoms with Crippen molar-refractivity contribution in [3.05, 3.63) is 71.1 Å². The van der Waals surface area contributed by atoms with E-state index in [4.69, 9.17) is 16.3 Å². The lowest BCUT2D eigenvalue weighted by Crippen LogP contribution is -2.45. The van der Waals surface area contributed by atoms with Crippen LogP contribution in [0.1, 0.15) is 18.9 Å². The Labute approximate surface area is 190 Å². The van der Waals surface area contributed by atoms with E-state index >= 15 is 0 Å². The number of halogens is 2. The molecule has 0 fully saturated rings. The Balaban J connectivity index is 1.51. The maximum Gasteiger partial charge on any atom is 0.412 e.